The van der Waals surface area contributed by atoms with Crippen molar-refractivity contribution in [2.45, 2.75) is 26.7 Å². The molecule has 0 aliphatic heterocycles. The zero-order chi connectivity index (χ0) is 14.7. The number of hydrogen-bond donors (Lipinski definition) is 0. The minimum atomic E-state index is -0.410. The Bertz CT molecular complexity index is 616. The van der Waals surface area contributed by atoms with Gasteiger partial charge in [-0.2, -0.15) is 0 Å². The number of carbonyl (C=O) groups excluding carboxylic acids is 1. The van der Waals surface area contributed by atoms with E-state index in [9.17, 15) is 9.18 Å². The summed E-state index contributed by atoms with van der Waals surface area (Å²) in [5.41, 5.74) is 0.854. The normalized spacial score (nSPS) is 11.2. The van der Waals surface area contributed by atoms with E-state index in [1.165, 1.54) is 11.3 Å². The smallest absolute Gasteiger partial charge is 0.173 e. The molecule has 0 radical (unpaired) electrons. The molecule has 0 bridgehead atoms. The van der Waals surface area contributed by atoms with Crippen molar-refractivity contribution in [1.29, 1.82) is 0 Å². The number of rotatable bonds is 6. The van der Waals surface area contributed by atoms with Gasteiger partial charge in [-0.3, -0.25) is 9.18 Å². The van der Waals surface area contributed by atoms with Gasteiger partial charge in [-0.05, 0) is 35.1 Å². The van der Waals surface area contributed by atoms with Gasteiger partial charge in [0.1, 0.15) is 5.75 Å². The van der Waals surface area contributed by atoms with Crippen LogP contribution in [0.5, 0.6) is 5.75 Å². The first-order chi connectivity index (χ1) is 9.55. The van der Waals surface area contributed by atoms with E-state index in [1.54, 1.807) is 7.11 Å². The number of ketones is 1. The van der Waals surface area contributed by atoms with Gasteiger partial charge in [0.15, 0.2) is 5.78 Å². The van der Waals surface area contributed by atoms with Gasteiger partial charge in [-0.25, -0.2) is 0 Å². The molecule has 0 saturated carbocycles. The maximum atomic E-state index is 12.6. The maximum Gasteiger partial charge on any atom is 0.173 e. The number of hydrogen-bond acceptors (Lipinski definition) is 3. The summed E-state index contributed by atoms with van der Waals surface area (Å²) in [7, 11) is 1.58. The number of aryl methyl sites for hydroxylation is 1. The van der Waals surface area contributed by atoms with Crippen molar-refractivity contribution in [3.63, 3.8) is 0 Å². The molecule has 0 saturated heterocycles. The van der Waals surface area contributed by atoms with Crippen LogP contribution in [0.2, 0.25) is 0 Å². The first-order valence-corrected chi connectivity index (χ1v) is 7.56. The number of thiophene rings is 1. The second-order valence-corrected chi connectivity index (χ2v) is 6.36. The van der Waals surface area contributed by atoms with Crippen molar-refractivity contribution in [1.82, 2.24) is 0 Å². The largest absolute Gasteiger partial charge is 0.496 e. The van der Waals surface area contributed by atoms with Crippen molar-refractivity contribution in [3.05, 3.63) is 28.6 Å². The Morgan fingerprint density at radius 2 is 2.10 bits per heavy atom. The second kappa shape index (κ2) is 6.35. The highest BCUT2D eigenvalue weighted by Gasteiger charge is 2.14. The fraction of sp³-hybridized carbons (Fsp3) is 0.438. The predicted octanol–water partition coefficient (Wildman–Crippen LogP) is 4.65. The minimum absolute atomic E-state index is 0.173. The fourth-order valence-corrected chi connectivity index (χ4v) is 3.26. The maximum absolute atomic E-state index is 12.6. The third kappa shape index (κ3) is 3.18. The molecule has 1 aromatic carbocycles. The Kier molecular flexibility index (Phi) is 4.76. The lowest BCUT2D eigenvalue weighted by molar-refractivity contribution is 0.0972. The topological polar surface area (TPSA) is 26.3 Å². The summed E-state index contributed by atoms with van der Waals surface area (Å²) in [5, 5.41) is 0.988. The van der Waals surface area contributed by atoms with Crippen LogP contribution in [0.4, 0.5) is 4.39 Å². The van der Waals surface area contributed by atoms with Crippen LogP contribution in [0.1, 0.15) is 35.5 Å². The summed E-state index contributed by atoms with van der Waals surface area (Å²) < 4.78 is 18.9. The predicted molar refractivity (Wildman–Crippen MR) is 81.8 cm³/mol. The Hall–Kier alpha value is -1.42. The minimum Gasteiger partial charge on any atom is -0.496 e. The third-order valence-electron chi connectivity index (χ3n) is 3.15. The fourth-order valence-electron chi connectivity index (χ4n) is 2.20. The van der Waals surface area contributed by atoms with Crippen LogP contribution in [0.25, 0.3) is 10.1 Å². The van der Waals surface area contributed by atoms with Crippen LogP contribution >= 0.6 is 11.3 Å². The Balaban J connectivity index is 2.40. The molecule has 1 heterocycles. The van der Waals surface area contributed by atoms with Crippen LogP contribution < -0.4 is 4.74 Å². The molecule has 0 aliphatic carbocycles. The molecule has 2 rings (SSSR count). The van der Waals surface area contributed by atoms with Gasteiger partial charge in [0.05, 0.1) is 18.7 Å². The van der Waals surface area contributed by atoms with Crippen LogP contribution in [0.3, 0.4) is 0 Å². The molecule has 0 fully saturated rings. The molecule has 0 atom stereocenters. The SMILES string of the molecule is COc1cc2cc(C(=O)CC(C)C)sc2cc1CCF. The van der Waals surface area contributed by atoms with Crippen LogP contribution in [0, 0.1) is 5.92 Å². The third-order valence-corrected chi connectivity index (χ3v) is 4.29. The van der Waals surface area contributed by atoms with Crippen molar-refractivity contribution < 1.29 is 13.9 Å². The van der Waals surface area contributed by atoms with E-state index in [-0.39, 0.29) is 5.78 Å². The molecule has 0 unspecified atom stereocenters. The standard InChI is InChI=1S/C16H19FO2S/c1-10(2)6-13(18)16-9-12-7-14(19-3)11(4-5-17)8-15(12)20-16/h7-10H,4-6H2,1-3H3. The highest BCUT2D eigenvalue weighted by molar-refractivity contribution is 7.20. The summed E-state index contributed by atoms with van der Waals surface area (Å²) in [6.45, 7) is 3.66. The number of fused-ring (bicyclic) bond motifs is 1. The van der Waals surface area contributed by atoms with E-state index in [0.29, 0.717) is 24.5 Å². The average Bonchev–Trinajstić information content (AvgIpc) is 2.80. The number of carbonyl (C=O) groups is 1. The Morgan fingerprint density at radius 3 is 2.70 bits per heavy atom. The number of halogens is 1. The Morgan fingerprint density at radius 1 is 1.35 bits per heavy atom. The van der Waals surface area contributed by atoms with Gasteiger partial charge < -0.3 is 4.74 Å². The van der Waals surface area contributed by atoms with Crippen molar-refractivity contribution in [2.24, 2.45) is 5.92 Å². The molecule has 0 N–H and O–H groups in total. The van der Waals surface area contributed by atoms with Gasteiger partial charge in [0.2, 0.25) is 0 Å². The van der Waals surface area contributed by atoms with Crippen molar-refractivity contribution in [3.8, 4) is 5.75 Å². The molecule has 108 valence electrons. The lowest BCUT2D eigenvalue weighted by Crippen LogP contribution is -2.00. The average molecular weight is 294 g/mol. The summed E-state index contributed by atoms with van der Waals surface area (Å²) in [4.78, 5) is 12.9. The lowest BCUT2D eigenvalue weighted by Gasteiger charge is -2.06. The summed E-state index contributed by atoms with van der Waals surface area (Å²) >= 11 is 1.48. The van der Waals surface area contributed by atoms with Gasteiger partial charge in [0.25, 0.3) is 0 Å². The van der Waals surface area contributed by atoms with E-state index < -0.39 is 6.67 Å². The zero-order valence-corrected chi connectivity index (χ0v) is 12.8. The van der Waals surface area contributed by atoms with Gasteiger partial charge in [0, 0.05) is 17.5 Å². The first kappa shape index (κ1) is 15.0. The second-order valence-electron chi connectivity index (χ2n) is 5.27. The molecule has 0 amide bonds. The van der Waals surface area contributed by atoms with E-state index in [2.05, 4.69) is 0 Å². The Labute approximate surface area is 122 Å². The van der Waals surface area contributed by atoms with E-state index in [0.717, 1.165) is 20.5 Å². The highest BCUT2D eigenvalue weighted by atomic mass is 32.1. The summed E-state index contributed by atoms with van der Waals surface area (Å²) in [6.07, 6.45) is 0.896. The van der Waals surface area contributed by atoms with Gasteiger partial charge in [-0.15, -0.1) is 11.3 Å². The molecule has 0 aliphatic rings. The number of ether oxygens (including phenoxy) is 1. The summed E-state index contributed by atoms with van der Waals surface area (Å²) in [5.74, 6) is 1.22. The number of methoxy groups -OCH3 is 1. The molecular weight excluding hydrogens is 275 g/mol. The first-order valence-electron chi connectivity index (χ1n) is 6.74. The number of alkyl halides is 1. The highest BCUT2D eigenvalue weighted by Crippen LogP contribution is 2.33. The van der Waals surface area contributed by atoms with E-state index in [1.807, 2.05) is 32.0 Å². The van der Waals surface area contributed by atoms with Crippen LogP contribution in [0.15, 0.2) is 18.2 Å². The lowest BCUT2D eigenvalue weighted by atomic mass is 10.1. The molecule has 1 aromatic heterocycles. The molecule has 4 heteroatoms. The van der Waals surface area contributed by atoms with Crippen molar-refractivity contribution >= 4 is 27.2 Å². The quantitative estimate of drug-likeness (QED) is 0.725. The molecule has 20 heavy (non-hydrogen) atoms. The van der Waals surface area contributed by atoms with E-state index >= 15 is 0 Å². The molecule has 0 spiro atoms. The zero-order valence-electron chi connectivity index (χ0n) is 12.0. The van der Waals surface area contributed by atoms with E-state index in [4.69, 9.17) is 4.74 Å². The number of benzene rings is 1. The molecular formula is C16H19FO2S. The van der Waals surface area contributed by atoms with Gasteiger partial charge in [-0.1, -0.05) is 13.8 Å². The van der Waals surface area contributed by atoms with Gasteiger partial charge >= 0.3 is 0 Å². The molecule has 2 aromatic rings. The van der Waals surface area contributed by atoms with Crippen molar-refractivity contribution in [2.75, 3.05) is 13.8 Å². The van der Waals surface area contributed by atoms with Crippen LogP contribution in [-0.4, -0.2) is 19.6 Å². The number of Topliss-reactive ketones (excluding diaryl/α,β-unsaturated/α-hetero) is 1. The van der Waals surface area contributed by atoms with Crippen LogP contribution in [-0.2, 0) is 6.42 Å². The molecule has 2 nitrogen and oxygen atoms in total. The summed E-state index contributed by atoms with van der Waals surface area (Å²) in [6, 6.07) is 5.74. The monoisotopic (exact) mass is 294 g/mol.